The van der Waals surface area contributed by atoms with E-state index in [-0.39, 0.29) is 24.6 Å². The largest absolute Gasteiger partial charge is 0.481 e. The monoisotopic (exact) mass is 260 g/mol. The molecule has 1 N–H and O–H groups in total. The molecule has 6 heteroatoms. The molecule has 1 aliphatic rings. The lowest BCUT2D eigenvalue weighted by Gasteiger charge is -2.18. The van der Waals surface area contributed by atoms with Crippen LogP contribution in [0.2, 0.25) is 0 Å². The maximum atomic E-state index is 11.1. The van der Waals surface area contributed by atoms with E-state index in [0.717, 1.165) is 5.69 Å². The van der Waals surface area contributed by atoms with Crippen molar-refractivity contribution in [1.82, 2.24) is 9.78 Å². The Labute approximate surface area is 106 Å². The number of carbonyl (C=O) groups is 1. The first-order valence-electron chi connectivity index (χ1n) is 5.49. The predicted octanol–water partition coefficient (Wildman–Crippen LogP) is 2.05. The summed E-state index contributed by atoms with van der Waals surface area (Å²) in [5.74, 6) is -1.24. The highest BCUT2D eigenvalue weighted by molar-refractivity contribution is 5.85. The van der Waals surface area contributed by atoms with Gasteiger partial charge in [0.05, 0.1) is 11.6 Å². The number of rotatable bonds is 3. The van der Waals surface area contributed by atoms with E-state index in [1.807, 2.05) is 24.6 Å². The van der Waals surface area contributed by atoms with Crippen molar-refractivity contribution in [3.05, 3.63) is 18.0 Å². The van der Waals surface area contributed by atoms with Gasteiger partial charge in [0.25, 0.3) is 0 Å². The fourth-order valence-electron chi connectivity index (χ4n) is 2.12. The van der Waals surface area contributed by atoms with E-state index in [4.69, 9.17) is 9.84 Å². The quantitative estimate of drug-likeness (QED) is 0.903. The lowest BCUT2D eigenvalue weighted by Crippen LogP contribution is -2.21. The molecular weight excluding hydrogens is 244 g/mol. The fraction of sp³-hybridized carbons (Fsp3) is 0.636. The first-order valence-corrected chi connectivity index (χ1v) is 5.49. The van der Waals surface area contributed by atoms with E-state index in [1.54, 1.807) is 6.20 Å². The molecule has 17 heavy (non-hydrogen) atoms. The van der Waals surface area contributed by atoms with E-state index in [9.17, 15) is 4.79 Å². The van der Waals surface area contributed by atoms with Crippen molar-refractivity contribution in [3.8, 4) is 0 Å². The van der Waals surface area contributed by atoms with Crippen LogP contribution < -0.4 is 0 Å². The number of halogens is 1. The average molecular weight is 261 g/mol. The van der Waals surface area contributed by atoms with Crippen molar-refractivity contribution >= 4 is 18.4 Å². The van der Waals surface area contributed by atoms with Crippen LogP contribution >= 0.6 is 12.4 Å². The van der Waals surface area contributed by atoms with Gasteiger partial charge in [0, 0.05) is 18.8 Å². The second-order valence-electron chi connectivity index (χ2n) is 4.32. The maximum Gasteiger partial charge on any atom is 0.309 e. The third-order valence-corrected chi connectivity index (χ3v) is 2.89. The third-order valence-electron chi connectivity index (χ3n) is 2.89. The van der Waals surface area contributed by atoms with Gasteiger partial charge < -0.3 is 9.84 Å². The molecule has 2 rings (SSSR count). The molecule has 2 heterocycles. The molecule has 0 aliphatic carbocycles. The van der Waals surface area contributed by atoms with Gasteiger partial charge in [-0.3, -0.25) is 9.48 Å². The van der Waals surface area contributed by atoms with Gasteiger partial charge in [-0.05, 0) is 26.3 Å². The Morgan fingerprint density at radius 2 is 2.35 bits per heavy atom. The molecule has 0 radical (unpaired) electrons. The third kappa shape index (κ3) is 2.61. The Balaban J connectivity index is 0.00000144. The summed E-state index contributed by atoms with van der Waals surface area (Å²) in [6, 6.07) is 2.05. The fourth-order valence-corrected chi connectivity index (χ4v) is 2.12. The molecular formula is C11H17ClN2O3. The number of ether oxygens (including phenoxy) is 1. The Kier molecular flexibility index (Phi) is 4.54. The summed E-state index contributed by atoms with van der Waals surface area (Å²) >= 11 is 0. The highest BCUT2D eigenvalue weighted by Gasteiger charge is 2.37. The van der Waals surface area contributed by atoms with Gasteiger partial charge in [0.15, 0.2) is 0 Å². The van der Waals surface area contributed by atoms with Crippen molar-refractivity contribution in [3.63, 3.8) is 0 Å². The molecule has 2 atom stereocenters. The number of hydrogen-bond donors (Lipinski definition) is 1. The van der Waals surface area contributed by atoms with Crippen LogP contribution in [0.5, 0.6) is 0 Å². The number of hydrogen-bond acceptors (Lipinski definition) is 3. The topological polar surface area (TPSA) is 64.4 Å². The van der Waals surface area contributed by atoms with Crippen LogP contribution in [0.4, 0.5) is 0 Å². The summed E-state index contributed by atoms with van der Waals surface area (Å²) in [6.45, 7) is 4.54. The number of aromatic nitrogens is 2. The minimum absolute atomic E-state index is 0. The molecule has 0 saturated carbocycles. The molecule has 1 aromatic heterocycles. The van der Waals surface area contributed by atoms with Crippen molar-refractivity contribution in [2.75, 3.05) is 6.61 Å². The molecule has 2 unspecified atom stereocenters. The van der Waals surface area contributed by atoms with Gasteiger partial charge in [0.1, 0.15) is 6.10 Å². The first kappa shape index (κ1) is 14.0. The molecule has 0 spiro atoms. The van der Waals surface area contributed by atoms with Crippen LogP contribution in [-0.4, -0.2) is 27.5 Å². The minimum atomic E-state index is -0.793. The van der Waals surface area contributed by atoms with Crippen molar-refractivity contribution < 1.29 is 14.6 Å². The first-order chi connectivity index (χ1) is 7.61. The van der Waals surface area contributed by atoms with Gasteiger partial charge in [-0.15, -0.1) is 12.4 Å². The lowest BCUT2D eigenvalue weighted by atomic mass is 9.99. The molecule has 96 valence electrons. The predicted molar refractivity (Wildman–Crippen MR) is 64.3 cm³/mol. The number of aliphatic carboxylic acids is 1. The van der Waals surface area contributed by atoms with Crippen LogP contribution in [0.3, 0.4) is 0 Å². The standard InChI is InChI=1S/C11H16N2O3.ClH/c1-7(2)13-9(3-5-12-13)10-8(11(14)15)4-6-16-10;/h3,5,7-8,10H,4,6H2,1-2H3,(H,14,15);1H. The summed E-state index contributed by atoms with van der Waals surface area (Å²) < 4.78 is 7.35. The number of carboxylic acid groups (broad SMARTS) is 1. The minimum Gasteiger partial charge on any atom is -0.481 e. The van der Waals surface area contributed by atoms with E-state index in [2.05, 4.69) is 5.10 Å². The smallest absolute Gasteiger partial charge is 0.309 e. The van der Waals surface area contributed by atoms with Crippen LogP contribution in [0.25, 0.3) is 0 Å². The van der Waals surface area contributed by atoms with Gasteiger partial charge >= 0.3 is 5.97 Å². The van der Waals surface area contributed by atoms with Crippen LogP contribution in [0.1, 0.15) is 38.1 Å². The normalized spacial score (nSPS) is 23.7. The zero-order valence-electron chi connectivity index (χ0n) is 9.87. The highest BCUT2D eigenvalue weighted by atomic mass is 35.5. The van der Waals surface area contributed by atoms with Crippen LogP contribution in [0, 0.1) is 5.92 Å². The summed E-state index contributed by atoms with van der Waals surface area (Å²) in [4.78, 5) is 11.1. The molecule has 1 saturated heterocycles. The number of carboxylic acids is 1. The maximum absolute atomic E-state index is 11.1. The summed E-state index contributed by atoms with van der Waals surface area (Å²) in [6.07, 6.45) is 1.90. The van der Waals surface area contributed by atoms with E-state index in [1.165, 1.54) is 0 Å². The second kappa shape index (κ2) is 5.51. The van der Waals surface area contributed by atoms with Gasteiger partial charge in [-0.25, -0.2) is 0 Å². The molecule has 1 aliphatic heterocycles. The lowest BCUT2D eigenvalue weighted by molar-refractivity contribution is -0.143. The van der Waals surface area contributed by atoms with Crippen molar-refractivity contribution in [2.24, 2.45) is 5.92 Å². The van der Waals surface area contributed by atoms with Crippen LogP contribution in [-0.2, 0) is 9.53 Å². The Morgan fingerprint density at radius 3 is 2.94 bits per heavy atom. The second-order valence-corrected chi connectivity index (χ2v) is 4.32. The van der Waals surface area contributed by atoms with Gasteiger partial charge in [-0.2, -0.15) is 5.10 Å². The molecule has 5 nitrogen and oxygen atoms in total. The highest BCUT2D eigenvalue weighted by Crippen LogP contribution is 2.35. The number of nitrogens with zero attached hydrogens (tertiary/aromatic N) is 2. The summed E-state index contributed by atoms with van der Waals surface area (Å²) in [7, 11) is 0. The molecule has 0 bridgehead atoms. The molecule has 0 amide bonds. The Bertz CT molecular complexity index is 392. The average Bonchev–Trinajstić information content (AvgIpc) is 2.85. The van der Waals surface area contributed by atoms with Crippen molar-refractivity contribution in [2.45, 2.75) is 32.4 Å². The zero-order chi connectivity index (χ0) is 11.7. The molecule has 1 fully saturated rings. The zero-order valence-corrected chi connectivity index (χ0v) is 10.7. The van der Waals surface area contributed by atoms with Crippen molar-refractivity contribution in [1.29, 1.82) is 0 Å². The summed E-state index contributed by atoms with van der Waals surface area (Å²) in [5.41, 5.74) is 0.861. The summed E-state index contributed by atoms with van der Waals surface area (Å²) in [5, 5.41) is 13.3. The Morgan fingerprint density at radius 1 is 1.65 bits per heavy atom. The molecule has 1 aromatic rings. The van der Waals surface area contributed by atoms with E-state index < -0.39 is 11.9 Å². The van der Waals surface area contributed by atoms with Gasteiger partial charge in [0.2, 0.25) is 0 Å². The molecule has 0 aromatic carbocycles. The van der Waals surface area contributed by atoms with E-state index in [0.29, 0.717) is 13.0 Å². The Hall–Kier alpha value is -1.07. The SMILES string of the molecule is CC(C)n1nccc1C1OCCC1C(=O)O.Cl. The van der Waals surface area contributed by atoms with Gasteiger partial charge in [-0.1, -0.05) is 0 Å². The van der Waals surface area contributed by atoms with Crippen LogP contribution in [0.15, 0.2) is 12.3 Å². The van der Waals surface area contributed by atoms with E-state index >= 15 is 0 Å².